The number of rotatable bonds is 3. The number of hydrogen-bond acceptors (Lipinski definition) is 2. The molecule has 2 aliphatic rings. The highest BCUT2D eigenvalue weighted by atomic mass is 15.2. The lowest BCUT2D eigenvalue weighted by atomic mass is 9.70. The Morgan fingerprint density at radius 2 is 0.885 bits per heavy atom. The summed E-state index contributed by atoms with van der Waals surface area (Å²) < 4.78 is 0. The van der Waals surface area contributed by atoms with E-state index in [1.807, 2.05) is 6.07 Å². The predicted molar refractivity (Wildman–Crippen MR) is 218 cm³/mol. The lowest BCUT2D eigenvalue weighted by Crippen LogP contribution is -2.26. The van der Waals surface area contributed by atoms with Crippen LogP contribution in [0.2, 0.25) is 0 Å². The van der Waals surface area contributed by atoms with E-state index in [1.54, 1.807) is 0 Å². The van der Waals surface area contributed by atoms with E-state index in [0.29, 0.717) is 5.56 Å². The van der Waals surface area contributed by atoms with Gasteiger partial charge in [-0.2, -0.15) is 5.26 Å². The van der Waals surface area contributed by atoms with Gasteiger partial charge in [-0.15, -0.1) is 0 Å². The van der Waals surface area contributed by atoms with Gasteiger partial charge in [-0.3, -0.25) is 0 Å². The summed E-state index contributed by atoms with van der Waals surface area (Å²) in [6.07, 6.45) is 0. The normalized spacial score (nSPS) is 15.6. The Balaban J connectivity index is 1.47. The molecule has 52 heavy (non-hydrogen) atoms. The van der Waals surface area contributed by atoms with Crippen molar-refractivity contribution in [1.82, 2.24) is 0 Å². The highest BCUT2D eigenvalue weighted by Crippen LogP contribution is 2.63. The summed E-state index contributed by atoms with van der Waals surface area (Å²) in [6.45, 7) is 22.9. The zero-order valence-corrected chi connectivity index (χ0v) is 32.3. The minimum atomic E-state index is -0.549. The van der Waals surface area contributed by atoms with Crippen LogP contribution < -0.4 is 4.90 Å². The number of anilines is 3. The van der Waals surface area contributed by atoms with Gasteiger partial charge in [0.1, 0.15) is 0 Å². The average molecular weight is 677 g/mol. The molecule has 1 atom stereocenters. The van der Waals surface area contributed by atoms with Gasteiger partial charge in [0.15, 0.2) is 0 Å². The highest BCUT2D eigenvalue weighted by molar-refractivity contribution is 5.97. The van der Waals surface area contributed by atoms with Crippen LogP contribution in [0.3, 0.4) is 0 Å². The van der Waals surface area contributed by atoms with E-state index in [9.17, 15) is 5.26 Å². The molecule has 1 spiro atoms. The van der Waals surface area contributed by atoms with Crippen LogP contribution in [0.15, 0.2) is 109 Å². The minimum absolute atomic E-state index is 0.0380. The van der Waals surface area contributed by atoms with Crippen molar-refractivity contribution in [2.45, 2.75) is 85.5 Å². The second-order valence-corrected chi connectivity index (χ2v) is 17.2. The smallest absolute Gasteiger partial charge is 0.0991 e. The Labute approximate surface area is 310 Å². The van der Waals surface area contributed by atoms with Crippen LogP contribution in [0.4, 0.5) is 17.1 Å². The molecule has 8 rings (SSSR count). The molecular weight excluding hydrogens is 629 g/mol. The van der Waals surface area contributed by atoms with Gasteiger partial charge in [-0.25, -0.2) is 0 Å². The van der Waals surface area contributed by atoms with E-state index in [-0.39, 0.29) is 10.8 Å². The first-order valence-corrected chi connectivity index (χ1v) is 18.6. The molecule has 0 amide bonds. The van der Waals surface area contributed by atoms with Crippen LogP contribution in [-0.4, -0.2) is 0 Å². The van der Waals surface area contributed by atoms with Gasteiger partial charge in [-0.05, 0) is 141 Å². The van der Waals surface area contributed by atoms with Gasteiger partial charge in [0.05, 0.1) is 28.4 Å². The highest BCUT2D eigenvalue weighted by Gasteiger charge is 2.52. The largest absolute Gasteiger partial charge is 0.309 e. The fourth-order valence-corrected chi connectivity index (χ4v) is 9.19. The topological polar surface area (TPSA) is 27.0 Å². The molecule has 0 aromatic heterocycles. The molecule has 0 saturated heterocycles. The number of aryl methyl sites for hydroxylation is 4. The van der Waals surface area contributed by atoms with Crippen molar-refractivity contribution in [3.05, 3.63) is 170 Å². The third-order valence-corrected chi connectivity index (χ3v) is 11.6. The van der Waals surface area contributed by atoms with Crippen molar-refractivity contribution >= 4 is 17.1 Å². The number of benzene rings is 6. The Morgan fingerprint density at radius 3 is 1.33 bits per heavy atom. The minimum Gasteiger partial charge on any atom is -0.309 e. The lowest BCUT2D eigenvalue weighted by Gasteiger charge is -2.35. The molecule has 0 saturated carbocycles. The molecule has 1 unspecified atom stereocenters. The van der Waals surface area contributed by atoms with Gasteiger partial charge in [0, 0.05) is 5.69 Å². The van der Waals surface area contributed by atoms with E-state index in [0.717, 1.165) is 5.69 Å². The molecule has 6 aromatic carbocycles. The van der Waals surface area contributed by atoms with Crippen molar-refractivity contribution in [1.29, 1.82) is 5.26 Å². The average Bonchev–Trinajstić information content (AvgIpc) is 3.56. The van der Waals surface area contributed by atoms with Crippen LogP contribution in [-0.2, 0) is 16.2 Å². The fourth-order valence-electron chi connectivity index (χ4n) is 9.19. The van der Waals surface area contributed by atoms with Crippen molar-refractivity contribution in [3.8, 4) is 28.3 Å². The zero-order valence-electron chi connectivity index (χ0n) is 32.3. The maximum Gasteiger partial charge on any atom is 0.0991 e. The van der Waals surface area contributed by atoms with Crippen molar-refractivity contribution in [3.63, 3.8) is 0 Å². The second-order valence-electron chi connectivity index (χ2n) is 17.2. The van der Waals surface area contributed by atoms with Crippen LogP contribution in [0.25, 0.3) is 22.3 Å². The van der Waals surface area contributed by atoms with Crippen LogP contribution in [0.5, 0.6) is 0 Å². The van der Waals surface area contributed by atoms with E-state index in [1.165, 1.54) is 89.3 Å². The van der Waals surface area contributed by atoms with Crippen molar-refractivity contribution in [2.75, 3.05) is 4.90 Å². The molecule has 0 heterocycles. The SMILES string of the molecule is Cc1cc(C(C)(C)C)cc(C)c1N(c1ccc2c(c1)C1(c3ccccc3-c3ccc(C#N)cc31)c1ccccc1-2)c1c(C)cc(C(C)(C)C)cc1C. The van der Waals surface area contributed by atoms with Gasteiger partial charge < -0.3 is 4.90 Å². The summed E-state index contributed by atoms with van der Waals surface area (Å²) in [5.74, 6) is 0. The van der Waals surface area contributed by atoms with Crippen LogP contribution >= 0.6 is 0 Å². The molecular formula is C50H48N2. The first kappa shape index (κ1) is 33.7. The Bertz CT molecular complexity index is 2360. The van der Waals surface area contributed by atoms with E-state index >= 15 is 0 Å². The van der Waals surface area contributed by atoms with Crippen LogP contribution in [0.1, 0.15) is 103 Å². The molecule has 0 bridgehead atoms. The number of fused-ring (bicyclic) bond motifs is 10. The first-order valence-electron chi connectivity index (χ1n) is 18.6. The Morgan fingerprint density at radius 1 is 0.481 bits per heavy atom. The second kappa shape index (κ2) is 11.6. The third kappa shape index (κ3) is 4.82. The fraction of sp³-hybridized carbons (Fsp3) is 0.260. The summed E-state index contributed by atoms with van der Waals surface area (Å²) in [5, 5.41) is 10.2. The van der Waals surface area contributed by atoms with Gasteiger partial charge in [-0.1, -0.05) is 126 Å². The van der Waals surface area contributed by atoms with E-state index < -0.39 is 5.41 Å². The molecule has 0 radical (unpaired) electrons. The standard InChI is InChI=1S/C50H48N2/c1-30-23-35(48(5,6)7)24-31(2)46(30)52(47-32(3)25-36(26-33(47)4)49(8,9)10)37-20-22-41-39-16-12-14-18-43(39)50(45(41)28-37)42-17-13-11-15-38(42)40-21-19-34(29-51)27-44(40)50/h11-28H,1-10H3. The zero-order chi connectivity index (χ0) is 36.9. The van der Waals surface area contributed by atoms with Gasteiger partial charge in [0.25, 0.3) is 0 Å². The molecule has 2 nitrogen and oxygen atoms in total. The lowest BCUT2D eigenvalue weighted by molar-refractivity contribution is 0.589. The maximum atomic E-state index is 10.2. The molecule has 0 aliphatic heterocycles. The summed E-state index contributed by atoms with van der Waals surface area (Å²) in [5.41, 5.74) is 21.5. The summed E-state index contributed by atoms with van der Waals surface area (Å²) >= 11 is 0. The molecule has 0 N–H and O–H groups in total. The van der Waals surface area contributed by atoms with Crippen molar-refractivity contribution in [2.24, 2.45) is 0 Å². The molecule has 2 aliphatic carbocycles. The summed E-state index contributed by atoms with van der Waals surface area (Å²) in [4.78, 5) is 2.54. The molecule has 258 valence electrons. The first-order chi connectivity index (χ1) is 24.7. The number of nitrogens with zero attached hydrogens (tertiary/aromatic N) is 2. The summed E-state index contributed by atoms with van der Waals surface area (Å²) in [6, 6.07) is 43.2. The number of hydrogen-bond donors (Lipinski definition) is 0. The van der Waals surface area contributed by atoms with E-state index in [2.05, 4.69) is 183 Å². The maximum absolute atomic E-state index is 10.2. The van der Waals surface area contributed by atoms with Crippen molar-refractivity contribution < 1.29 is 0 Å². The Hall–Kier alpha value is -5.39. The Kier molecular flexibility index (Phi) is 7.50. The number of nitriles is 1. The third-order valence-electron chi connectivity index (χ3n) is 11.6. The quantitative estimate of drug-likeness (QED) is 0.186. The predicted octanol–water partition coefficient (Wildman–Crippen LogP) is 13.2. The van der Waals surface area contributed by atoms with Gasteiger partial charge in [0.2, 0.25) is 0 Å². The molecule has 0 fully saturated rings. The summed E-state index contributed by atoms with van der Waals surface area (Å²) in [7, 11) is 0. The molecule has 6 aromatic rings. The van der Waals surface area contributed by atoms with Gasteiger partial charge >= 0.3 is 0 Å². The van der Waals surface area contributed by atoms with E-state index in [4.69, 9.17) is 0 Å². The molecule has 2 heteroatoms. The van der Waals surface area contributed by atoms with Crippen LogP contribution in [0, 0.1) is 39.0 Å². The monoisotopic (exact) mass is 676 g/mol.